The highest BCUT2D eigenvalue weighted by molar-refractivity contribution is 5.85. The average Bonchev–Trinajstić information content (AvgIpc) is 2.50. The van der Waals surface area contributed by atoms with E-state index < -0.39 is 0 Å². The van der Waals surface area contributed by atoms with E-state index in [1.807, 2.05) is 0 Å². The average molecular weight is 346 g/mol. The molecule has 0 aliphatic carbocycles. The fourth-order valence-corrected chi connectivity index (χ4v) is 2.98. The van der Waals surface area contributed by atoms with Gasteiger partial charge in [-0.3, -0.25) is 0 Å². The van der Waals surface area contributed by atoms with Crippen LogP contribution in [0, 0.1) is 0 Å². The summed E-state index contributed by atoms with van der Waals surface area (Å²) in [5.74, 6) is 0. The summed E-state index contributed by atoms with van der Waals surface area (Å²) in [7, 11) is 0. The lowest BCUT2D eigenvalue weighted by molar-refractivity contribution is 0.531. The van der Waals surface area contributed by atoms with Crippen molar-refractivity contribution in [2.45, 2.75) is 117 Å². The van der Waals surface area contributed by atoms with Gasteiger partial charge < -0.3 is 5.73 Å². The maximum absolute atomic E-state index is 5.50. The van der Waals surface area contributed by atoms with Gasteiger partial charge in [-0.25, -0.2) is 0 Å². The highest BCUT2D eigenvalue weighted by Crippen LogP contribution is 2.13. The molecule has 140 valence electrons. The van der Waals surface area contributed by atoms with Crippen molar-refractivity contribution in [3.8, 4) is 0 Å². The van der Waals surface area contributed by atoms with E-state index in [4.69, 9.17) is 5.73 Å². The number of unbranched alkanes of at least 4 members (excludes halogenated alkanes) is 15. The molecule has 0 fully saturated rings. The summed E-state index contributed by atoms with van der Waals surface area (Å²) in [5.41, 5.74) is 6.97. The van der Waals surface area contributed by atoms with Crippen LogP contribution >= 0.6 is 12.4 Å². The van der Waals surface area contributed by atoms with Gasteiger partial charge >= 0.3 is 0 Å². The molecule has 0 rings (SSSR count). The molecule has 0 aromatic rings. The van der Waals surface area contributed by atoms with Crippen LogP contribution < -0.4 is 5.73 Å². The predicted molar refractivity (Wildman–Crippen MR) is 110 cm³/mol. The van der Waals surface area contributed by atoms with Crippen molar-refractivity contribution in [3.05, 3.63) is 11.6 Å². The Morgan fingerprint density at radius 3 is 1.17 bits per heavy atom. The van der Waals surface area contributed by atoms with Crippen LogP contribution in [0.2, 0.25) is 0 Å². The Balaban J connectivity index is 0. The molecule has 2 heteroatoms. The van der Waals surface area contributed by atoms with Gasteiger partial charge in [0.05, 0.1) is 0 Å². The van der Waals surface area contributed by atoms with Crippen molar-refractivity contribution in [2.24, 2.45) is 5.73 Å². The fourth-order valence-electron chi connectivity index (χ4n) is 2.98. The van der Waals surface area contributed by atoms with Crippen LogP contribution in [-0.4, -0.2) is 6.54 Å². The van der Waals surface area contributed by atoms with Crippen LogP contribution in [-0.2, 0) is 0 Å². The zero-order valence-electron chi connectivity index (χ0n) is 16.1. The molecule has 2 N–H and O–H groups in total. The standard InChI is InChI=1S/C21H43N.ClH/c1-21(2)19-17-15-13-11-9-7-5-3-4-6-8-10-12-14-16-18-20-22;/h19H,3-18,20,22H2,1-2H3;1H. The van der Waals surface area contributed by atoms with E-state index in [1.165, 1.54) is 108 Å². The molecule has 1 nitrogen and oxygen atoms in total. The van der Waals surface area contributed by atoms with Crippen molar-refractivity contribution in [1.29, 1.82) is 0 Å². The number of hydrogen-bond acceptors (Lipinski definition) is 1. The fraction of sp³-hybridized carbons (Fsp3) is 0.905. The van der Waals surface area contributed by atoms with E-state index in [2.05, 4.69) is 19.9 Å². The smallest absolute Gasteiger partial charge is 0.00773 e. The van der Waals surface area contributed by atoms with Gasteiger partial charge in [0.15, 0.2) is 0 Å². The summed E-state index contributed by atoms with van der Waals surface area (Å²) in [4.78, 5) is 0. The van der Waals surface area contributed by atoms with E-state index in [0.717, 1.165) is 6.54 Å². The summed E-state index contributed by atoms with van der Waals surface area (Å²) < 4.78 is 0. The molecule has 0 spiro atoms. The van der Waals surface area contributed by atoms with Crippen molar-refractivity contribution < 1.29 is 0 Å². The molecule has 0 aliphatic heterocycles. The minimum atomic E-state index is 0. The van der Waals surface area contributed by atoms with Crippen LogP contribution in [0.3, 0.4) is 0 Å². The molecule has 23 heavy (non-hydrogen) atoms. The lowest BCUT2D eigenvalue weighted by Crippen LogP contribution is -1.97. The zero-order valence-corrected chi connectivity index (χ0v) is 16.9. The molecule has 0 saturated carbocycles. The highest BCUT2D eigenvalue weighted by atomic mass is 35.5. The van der Waals surface area contributed by atoms with Gasteiger partial charge in [0.2, 0.25) is 0 Å². The van der Waals surface area contributed by atoms with Gasteiger partial charge in [-0.05, 0) is 39.7 Å². The molecule has 0 atom stereocenters. The van der Waals surface area contributed by atoms with Gasteiger partial charge in [0, 0.05) is 0 Å². The van der Waals surface area contributed by atoms with E-state index >= 15 is 0 Å². The van der Waals surface area contributed by atoms with Gasteiger partial charge in [-0.2, -0.15) is 0 Å². The Kier molecular flexibility index (Phi) is 24.1. The van der Waals surface area contributed by atoms with Crippen LogP contribution in [0.15, 0.2) is 11.6 Å². The minimum absolute atomic E-state index is 0. The van der Waals surface area contributed by atoms with Gasteiger partial charge in [-0.15, -0.1) is 12.4 Å². The Hall–Kier alpha value is -0.0100. The Morgan fingerprint density at radius 1 is 0.565 bits per heavy atom. The topological polar surface area (TPSA) is 26.0 Å². The molecule has 0 aromatic heterocycles. The third-order valence-electron chi connectivity index (χ3n) is 4.46. The Bertz CT molecular complexity index is 234. The Labute approximate surface area is 153 Å². The molecule has 0 aromatic carbocycles. The molecule has 0 saturated heterocycles. The summed E-state index contributed by atoms with van der Waals surface area (Å²) in [5, 5.41) is 0. The normalized spacial score (nSPS) is 10.4. The second-order valence-electron chi connectivity index (χ2n) is 7.16. The molecule has 0 aliphatic rings. The zero-order chi connectivity index (χ0) is 16.3. The second-order valence-corrected chi connectivity index (χ2v) is 7.16. The largest absolute Gasteiger partial charge is 0.330 e. The number of rotatable bonds is 17. The molecule has 0 bridgehead atoms. The summed E-state index contributed by atoms with van der Waals surface area (Å²) >= 11 is 0. The molecule has 0 radical (unpaired) electrons. The van der Waals surface area contributed by atoms with Crippen molar-refractivity contribution >= 4 is 12.4 Å². The minimum Gasteiger partial charge on any atom is -0.330 e. The molecule has 0 unspecified atom stereocenters. The number of nitrogens with two attached hydrogens (primary N) is 1. The summed E-state index contributed by atoms with van der Waals surface area (Å²) in [6.07, 6.45) is 24.9. The maximum Gasteiger partial charge on any atom is -0.00773 e. The number of hydrogen-bond donors (Lipinski definition) is 1. The lowest BCUT2D eigenvalue weighted by atomic mass is 10.0. The first-order chi connectivity index (χ1) is 10.8. The van der Waals surface area contributed by atoms with E-state index in [0.29, 0.717) is 0 Å². The van der Waals surface area contributed by atoms with Crippen molar-refractivity contribution in [1.82, 2.24) is 0 Å². The van der Waals surface area contributed by atoms with Crippen LogP contribution in [0.4, 0.5) is 0 Å². The SMILES string of the molecule is CC(C)=CCCCCCCCCCCCCCCCCCN.Cl. The van der Waals surface area contributed by atoms with Gasteiger partial charge in [0.25, 0.3) is 0 Å². The summed E-state index contributed by atoms with van der Waals surface area (Å²) in [6, 6.07) is 0. The highest BCUT2D eigenvalue weighted by Gasteiger charge is 1.94. The van der Waals surface area contributed by atoms with Gasteiger partial charge in [-0.1, -0.05) is 95.1 Å². The van der Waals surface area contributed by atoms with E-state index in [9.17, 15) is 0 Å². The van der Waals surface area contributed by atoms with Gasteiger partial charge in [0.1, 0.15) is 0 Å². The quantitative estimate of drug-likeness (QED) is 0.213. The predicted octanol–water partition coefficient (Wildman–Crippen LogP) is 7.57. The Morgan fingerprint density at radius 2 is 0.870 bits per heavy atom. The van der Waals surface area contributed by atoms with Crippen LogP contribution in [0.25, 0.3) is 0 Å². The molecular formula is C21H44ClN. The molecule has 0 amide bonds. The van der Waals surface area contributed by atoms with E-state index in [1.54, 1.807) is 0 Å². The number of allylic oxidation sites excluding steroid dienone is 2. The third-order valence-corrected chi connectivity index (χ3v) is 4.46. The van der Waals surface area contributed by atoms with Crippen LogP contribution in [0.5, 0.6) is 0 Å². The second kappa shape index (κ2) is 22.0. The molecular weight excluding hydrogens is 302 g/mol. The van der Waals surface area contributed by atoms with E-state index in [-0.39, 0.29) is 12.4 Å². The number of halogens is 1. The summed E-state index contributed by atoms with van der Waals surface area (Å²) in [6.45, 7) is 5.26. The lowest BCUT2D eigenvalue weighted by Gasteiger charge is -2.03. The maximum atomic E-state index is 5.50. The van der Waals surface area contributed by atoms with Crippen molar-refractivity contribution in [2.75, 3.05) is 6.54 Å². The van der Waals surface area contributed by atoms with Crippen molar-refractivity contribution in [3.63, 3.8) is 0 Å². The first kappa shape index (κ1) is 25.2. The molecule has 0 heterocycles. The monoisotopic (exact) mass is 345 g/mol. The van der Waals surface area contributed by atoms with Crippen LogP contribution in [0.1, 0.15) is 117 Å². The first-order valence-corrected chi connectivity index (χ1v) is 10.1. The third kappa shape index (κ3) is 24.4. The first-order valence-electron chi connectivity index (χ1n) is 10.1.